The van der Waals surface area contributed by atoms with Crippen LogP contribution in [0.2, 0.25) is 0 Å². The minimum Gasteiger partial charge on any atom is -0.391 e. The summed E-state index contributed by atoms with van der Waals surface area (Å²) in [5.74, 6) is 0. The van der Waals surface area contributed by atoms with Gasteiger partial charge in [-0.15, -0.1) is 0 Å². The molecule has 156 valence electrons. The molecule has 1 aliphatic rings. The molecule has 5 heteroatoms. The Morgan fingerprint density at radius 1 is 0.962 bits per heavy atom. The van der Waals surface area contributed by atoms with E-state index in [1.807, 2.05) is 7.05 Å². The molecule has 3 N–H and O–H groups in total. The number of nitrogens with zero attached hydrogens (tertiary/aromatic N) is 1. The van der Waals surface area contributed by atoms with Crippen molar-refractivity contribution in [2.75, 3.05) is 20.2 Å². The lowest BCUT2D eigenvalue weighted by atomic mass is 9.99. The van der Waals surface area contributed by atoms with Gasteiger partial charge in [-0.05, 0) is 33.4 Å². The Labute approximate surface area is 160 Å². The smallest absolute Gasteiger partial charge is 0.102 e. The molecule has 0 aromatic rings. The first-order valence-electron chi connectivity index (χ1n) is 10.7. The summed E-state index contributed by atoms with van der Waals surface area (Å²) in [6.45, 7) is 7.25. The number of rotatable bonds is 14. The minimum atomic E-state index is -0.883. The molecule has 0 bridgehead atoms. The molecule has 1 rings (SSSR count). The molecule has 0 amide bonds. The summed E-state index contributed by atoms with van der Waals surface area (Å²) < 4.78 is 5.96. The van der Waals surface area contributed by atoms with E-state index in [1.54, 1.807) is 6.92 Å². The van der Waals surface area contributed by atoms with Crippen molar-refractivity contribution in [3.8, 4) is 0 Å². The van der Waals surface area contributed by atoms with Crippen LogP contribution in [0.25, 0.3) is 0 Å². The monoisotopic (exact) mass is 373 g/mol. The maximum Gasteiger partial charge on any atom is 0.102 e. The molecular formula is C21H43NO4. The molecule has 0 radical (unpaired) electrons. The topological polar surface area (TPSA) is 73.2 Å². The molecule has 0 aliphatic heterocycles. The van der Waals surface area contributed by atoms with Gasteiger partial charge in [0.15, 0.2) is 0 Å². The zero-order chi connectivity index (χ0) is 19.6. The van der Waals surface area contributed by atoms with Crippen molar-refractivity contribution >= 4 is 0 Å². The average Bonchev–Trinajstić information content (AvgIpc) is 2.86. The quantitative estimate of drug-likeness (QED) is 0.408. The predicted octanol–water partition coefficient (Wildman–Crippen LogP) is 3.10. The Bertz CT molecular complexity index is 364. The largest absolute Gasteiger partial charge is 0.391 e. The standard InChI is InChI=1S/C21H43NO4/c1-5-7-9-10-12-14-22(4)19-17(23)15-18(24)20(19)26-16-21(3,25)13-11-8-6-2/h17-20,23-25H,5-16H2,1-4H3. The molecule has 26 heavy (non-hydrogen) atoms. The Kier molecular flexibility index (Phi) is 11.3. The predicted molar refractivity (Wildman–Crippen MR) is 106 cm³/mol. The van der Waals surface area contributed by atoms with E-state index in [2.05, 4.69) is 18.7 Å². The second-order valence-electron chi connectivity index (χ2n) is 8.49. The lowest BCUT2D eigenvalue weighted by Crippen LogP contribution is -2.49. The molecule has 1 saturated carbocycles. The van der Waals surface area contributed by atoms with E-state index in [0.717, 1.165) is 32.2 Å². The molecular weight excluding hydrogens is 330 g/mol. The number of aliphatic hydroxyl groups excluding tert-OH is 2. The van der Waals surface area contributed by atoms with E-state index in [1.165, 1.54) is 25.7 Å². The first-order chi connectivity index (χ1) is 12.3. The fourth-order valence-corrected chi connectivity index (χ4v) is 3.94. The van der Waals surface area contributed by atoms with Gasteiger partial charge < -0.3 is 20.1 Å². The van der Waals surface area contributed by atoms with Gasteiger partial charge in [-0.3, -0.25) is 4.90 Å². The van der Waals surface area contributed by atoms with Crippen molar-refractivity contribution in [2.45, 2.75) is 115 Å². The Hall–Kier alpha value is -0.200. The molecule has 0 spiro atoms. The Balaban J connectivity index is 2.49. The van der Waals surface area contributed by atoms with Gasteiger partial charge in [0.2, 0.25) is 0 Å². The van der Waals surface area contributed by atoms with Crippen LogP contribution in [-0.4, -0.2) is 70.4 Å². The summed E-state index contributed by atoms with van der Waals surface area (Å²) in [6, 6.07) is -0.206. The van der Waals surface area contributed by atoms with E-state index < -0.39 is 23.9 Å². The van der Waals surface area contributed by atoms with Crippen LogP contribution in [0.3, 0.4) is 0 Å². The Morgan fingerprint density at radius 3 is 2.23 bits per heavy atom. The number of unbranched alkanes of at least 4 members (excludes halogenated alkanes) is 6. The maximum atomic E-state index is 10.5. The van der Waals surface area contributed by atoms with Gasteiger partial charge in [-0.1, -0.05) is 58.8 Å². The van der Waals surface area contributed by atoms with Crippen LogP contribution in [0.5, 0.6) is 0 Å². The van der Waals surface area contributed by atoms with Crippen molar-refractivity contribution in [3.05, 3.63) is 0 Å². The fourth-order valence-electron chi connectivity index (χ4n) is 3.94. The van der Waals surface area contributed by atoms with Gasteiger partial charge >= 0.3 is 0 Å². The van der Waals surface area contributed by atoms with Gasteiger partial charge in [-0.2, -0.15) is 0 Å². The average molecular weight is 374 g/mol. The van der Waals surface area contributed by atoms with Crippen LogP contribution >= 0.6 is 0 Å². The molecule has 0 aromatic heterocycles. The first kappa shape index (κ1) is 23.8. The third kappa shape index (κ3) is 8.22. The maximum absolute atomic E-state index is 10.5. The normalized spacial score (nSPS) is 28.6. The van der Waals surface area contributed by atoms with E-state index >= 15 is 0 Å². The van der Waals surface area contributed by atoms with Crippen LogP contribution in [0, 0.1) is 0 Å². The van der Waals surface area contributed by atoms with Crippen LogP contribution in [0.15, 0.2) is 0 Å². The number of hydrogen-bond acceptors (Lipinski definition) is 5. The molecule has 0 saturated heterocycles. The van der Waals surface area contributed by atoms with Crippen LogP contribution in [0.1, 0.15) is 85.0 Å². The molecule has 0 aromatic carbocycles. The van der Waals surface area contributed by atoms with Crippen molar-refractivity contribution in [1.29, 1.82) is 0 Å². The van der Waals surface area contributed by atoms with Crippen molar-refractivity contribution in [2.24, 2.45) is 0 Å². The zero-order valence-electron chi connectivity index (χ0n) is 17.5. The number of likely N-dealkylation sites (N-methyl/N-ethyl adjacent to an activating group) is 1. The lowest BCUT2D eigenvalue weighted by molar-refractivity contribution is -0.112. The summed E-state index contributed by atoms with van der Waals surface area (Å²) in [5, 5.41) is 31.3. The summed E-state index contributed by atoms with van der Waals surface area (Å²) in [4.78, 5) is 2.13. The van der Waals surface area contributed by atoms with Gasteiger partial charge in [0, 0.05) is 6.42 Å². The van der Waals surface area contributed by atoms with Gasteiger partial charge in [0.25, 0.3) is 0 Å². The highest BCUT2D eigenvalue weighted by atomic mass is 16.5. The van der Waals surface area contributed by atoms with E-state index in [9.17, 15) is 15.3 Å². The minimum absolute atomic E-state index is 0.200. The second kappa shape index (κ2) is 12.3. The zero-order valence-corrected chi connectivity index (χ0v) is 17.5. The highest BCUT2D eigenvalue weighted by Gasteiger charge is 2.45. The molecule has 5 unspecified atom stereocenters. The van der Waals surface area contributed by atoms with Crippen molar-refractivity contribution < 1.29 is 20.1 Å². The highest BCUT2D eigenvalue weighted by Crippen LogP contribution is 2.29. The highest BCUT2D eigenvalue weighted by molar-refractivity contribution is 4.98. The van der Waals surface area contributed by atoms with E-state index in [4.69, 9.17) is 4.74 Å². The first-order valence-corrected chi connectivity index (χ1v) is 10.7. The molecule has 0 heterocycles. The van der Waals surface area contributed by atoms with Gasteiger partial charge in [0.1, 0.15) is 6.10 Å². The van der Waals surface area contributed by atoms with E-state index in [0.29, 0.717) is 12.8 Å². The van der Waals surface area contributed by atoms with Crippen molar-refractivity contribution in [3.63, 3.8) is 0 Å². The number of ether oxygens (including phenoxy) is 1. The van der Waals surface area contributed by atoms with Gasteiger partial charge in [0.05, 0.1) is 30.5 Å². The summed E-state index contributed by atoms with van der Waals surface area (Å²) in [7, 11) is 2.00. The third-order valence-electron chi connectivity index (χ3n) is 5.62. The van der Waals surface area contributed by atoms with Crippen LogP contribution in [0.4, 0.5) is 0 Å². The fraction of sp³-hybridized carbons (Fsp3) is 1.00. The van der Waals surface area contributed by atoms with E-state index in [-0.39, 0.29) is 12.6 Å². The SMILES string of the molecule is CCCCCCCN(C)C1C(O)CC(O)C1OCC(C)(O)CCCCC. The number of hydrogen-bond donors (Lipinski definition) is 3. The third-order valence-corrected chi connectivity index (χ3v) is 5.62. The Morgan fingerprint density at radius 2 is 1.58 bits per heavy atom. The second-order valence-corrected chi connectivity index (χ2v) is 8.49. The van der Waals surface area contributed by atoms with Crippen molar-refractivity contribution in [1.82, 2.24) is 4.90 Å². The molecule has 5 nitrogen and oxygen atoms in total. The van der Waals surface area contributed by atoms with Crippen LogP contribution < -0.4 is 0 Å². The lowest BCUT2D eigenvalue weighted by Gasteiger charge is -2.34. The molecule has 5 atom stereocenters. The molecule has 1 aliphatic carbocycles. The van der Waals surface area contributed by atoms with Gasteiger partial charge in [-0.25, -0.2) is 0 Å². The number of aliphatic hydroxyl groups is 3. The summed E-state index contributed by atoms with van der Waals surface area (Å²) >= 11 is 0. The summed E-state index contributed by atoms with van der Waals surface area (Å²) in [5.41, 5.74) is -0.883. The molecule has 1 fully saturated rings. The summed E-state index contributed by atoms with van der Waals surface area (Å²) in [6.07, 6.45) is 8.58. The van der Waals surface area contributed by atoms with Crippen LogP contribution in [-0.2, 0) is 4.74 Å².